The van der Waals surface area contributed by atoms with Crippen molar-refractivity contribution in [2.75, 3.05) is 13.2 Å². The van der Waals surface area contributed by atoms with Gasteiger partial charge in [-0.25, -0.2) is 18.4 Å². The number of aromatic nitrogens is 1. The lowest BCUT2D eigenvalue weighted by molar-refractivity contribution is 0.0474. The average Bonchev–Trinajstić information content (AvgIpc) is 3.29. The monoisotopic (exact) mass is 454 g/mol. The Morgan fingerprint density at radius 3 is 2.67 bits per heavy atom. The molecule has 3 rings (SSSR count). The fourth-order valence-electron chi connectivity index (χ4n) is 3.50. The second kappa shape index (κ2) is 8.89. The third-order valence-electron chi connectivity index (χ3n) is 5.09. The van der Waals surface area contributed by atoms with Gasteiger partial charge in [0.1, 0.15) is 4.90 Å². The maximum Gasteiger partial charge on any atom is 0.338 e. The van der Waals surface area contributed by atoms with E-state index in [9.17, 15) is 18.0 Å². The molecule has 1 aromatic heterocycles. The van der Waals surface area contributed by atoms with Crippen LogP contribution >= 0.6 is 11.6 Å². The average molecular weight is 455 g/mol. The molecular weight excluding hydrogens is 432 g/mol. The van der Waals surface area contributed by atoms with Crippen molar-refractivity contribution in [3.8, 4) is 0 Å². The van der Waals surface area contributed by atoms with E-state index in [0.29, 0.717) is 12.1 Å². The fraction of sp³-hybridized carbons (Fsp3) is 0.400. The summed E-state index contributed by atoms with van der Waals surface area (Å²) in [4.78, 5) is 24.5. The van der Waals surface area contributed by atoms with E-state index in [1.54, 1.807) is 6.07 Å². The fourth-order valence-corrected chi connectivity index (χ4v) is 4.57. The van der Waals surface area contributed by atoms with Gasteiger partial charge in [0.05, 0.1) is 16.7 Å². The second-order valence-electron chi connectivity index (χ2n) is 7.22. The Bertz CT molecular complexity index is 1090. The van der Waals surface area contributed by atoms with Crippen LogP contribution in [0.3, 0.4) is 0 Å². The van der Waals surface area contributed by atoms with E-state index < -0.39 is 22.6 Å². The van der Waals surface area contributed by atoms with Crippen LogP contribution in [0.1, 0.15) is 44.9 Å². The molecule has 1 aliphatic rings. The lowest BCUT2D eigenvalue weighted by Crippen LogP contribution is -2.18. The molecule has 0 unspecified atom stereocenters. The highest BCUT2D eigenvalue weighted by Crippen LogP contribution is 2.23. The molecule has 8 nitrogen and oxygen atoms in total. The molecule has 2 heterocycles. The number of ketones is 1. The molecule has 0 spiro atoms. The summed E-state index contributed by atoms with van der Waals surface area (Å²) < 4.78 is 35.9. The van der Waals surface area contributed by atoms with Crippen LogP contribution in [0.25, 0.3) is 0 Å². The number of hydrogen-bond acceptors (Lipinski definition) is 6. The van der Waals surface area contributed by atoms with Gasteiger partial charge >= 0.3 is 5.97 Å². The topological polar surface area (TPSA) is 118 Å². The van der Waals surface area contributed by atoms with Gasteiger partial charge < -0.3 is 14.0 Å². The van der Waals surface area contributed by atoms with Gasteiger partial charge in [0, 0.05) is 30.1 Å². The van der Waals surface area contributed by atoms with Crippen molar-refractivity contribution in [2.45, 2.75) is 44.2 Å². The van der Waals surface area contributed by atoms with E-state index in [1.807, 2.05) is 18.4 Å². The van der Waals surface area contributed by atoms with Crippen LogP contribution < -0.4 is 5.14 Å². The highest BCUT2D eigenvalue weighted by molar-refractivity contribution is 7.89. The number of sulfonamides is 1. The summed E-state index contributed by atoms with van der Waals surface area (Å²) in [7, 11) is -4.10. The number of primary sulfonamides is 1. The number of Topliss-reactive ketones (excluding diaryl/α,β-unsaturated/α-hetero) is 1. The van der Waals surface area contributed by atoms with Crippen molar-refractivity contribution < 1.29 is 27.5 Å². The quantitative estimate of drug-likeness (QED) is 0.507. The van der Waals surface area contributed by atoms with Crippen LogP contribution in [0, 0.1) is 13.8 Å². The highest BCUT2D eigenvalue weighted by atomic mass is 35.5. The Morgan fingerprint density at radius 1 is 1.30 bits per heavy atom. The minimum Gasteiger partial charge on any atom is -0.454 e. The van der Waals surface area contributed by atoms with Crippen LogP contribution in [0.4, 0.5) is 0 Å². The molecule has 1 aromatic carbocycles. The number of hydrogen-bond donors (Lipinski definition) is 1. The van der Waals surface area contributed by atoms with Gasteiger partial charge in [-0.05, 0) is 51.0 Å². The summed E-state index contributed by atoms with van der Waals surface area (Å²) in [5.41, 5.74) is 2.11. The number of carbonyl (C=O) groups is 2. The number of nitrogens with zero attached hydrogens (tertiary/aromatic N) is 1. The molecule has 0 aliphatic carbocycles. The Hall–Kier alpha value is -2.20. The van der Waals surface area contributed by atoms with Crippen molar-refractivity contribution in [1.29, 1.82) is 0 Å². The standard InChI is InChI=1S/C20H23ClN2O6S/c1-12-8-16(13(2)23(12)10-15-4-3-7-28-15)18(24)11-29-20(25)14-5-6-17(21)19(9-14)30(22,26)27/h5-6,8-9,15H,3-4,7,10-11H2,1-2H3,(H2,22,26,27)/t15-/m1/s1. The van der Waals surface area contributed by atoms with Crippen LogP contribution in [0.15, 0.2) is 29.2 Å². The van der Waals surface area contributed by atoms with Crippen molar-refractivity contribution in [3.05, 3.63) is 51.8 Å². The molecule has 0 radical (unpaired) electrons. The van der Waals surface area contributed by atoms with Crippen LogP contribution in [-0.2, 0) is 26.0 Å². The molecule has 0 bridgehead atoms. The van der Waals surface area contributed by atoms with Gasteiger partial charge in [-0.2, -0.15) is 0 Å². The van der Waals surface area contributed by atoms with Crippen LogP contribution in [0.5, 0.6) is 0 Å². The number of aryl methyl sites for hydroxylation is 1. The zero-order valence-corrected chi connectivity index (χ0v) is 18.3. The van der Waals surface area contributed by atoms with Gasteiger partial charge in [0.25, 0.3) is 0 Å². The van der Waals surface area contributed by atoms with Gasteiger partial charge in [0.2, 0.25) is 15.8 Å². The largest absolute Gasteiger partial charge is 0.454 e. The molecule has 30 heavy (non-hydrogen) atoms. The number of halogens is 1. The van der Waals surface area contributed by atoms with Gasteiger partial charge in [-0.1, -0.05) is 11.6 Å². The molecule has 1 fully saturated rings. The van der Waals surface area contributed by atoms with Gasteiger partial charge in [-0.3, -0.25) is 4.79 Å². The molecule has 1 atom stereocenters. The number of benzene rings is 1. The maximum absolute atomic E-state index is 12.6. The molecule has 162 valence electrons. The normalized spacial score (nSPS) is 16.6. The Labute approximate surface area is 180 Å². The SMILES string of the molecule is Cc1cc(C(=O)COC(=O)c2ccc(Cl)c(S(N)(=O)=O)c2)c(C)n1C[C@H]1CCCO1. The molecule has 2 aromatic rings. The lowest BCUT2D eigenvalue weighted by atomic mass is 10.1. The Balaban J connectivity index is 1.69. The third-order valence-corrected chi connectivity index (χ3v) is 6.48. The van der Waals surface area contributed by atoms with Crippen molar-refractivity contribution in [2.24, 2.45) is 5.14 Å². The number of rotatable bonds is 7. The first kappa shape index (κ1) is 22.5. The van der Waals surface area contributed by atoms with Crippen molar-refractivity contribution in [1.82, 2.24) is 4.57 Å². The van der Waals surface area contributed by atoms with E-state index >= 15 is 0 Å². The lowest BCUT2D eigenvalue weighted by Gasteiger charge is -2.14. The van der Waals surface area contributed by atoms with E-state index in [0.717, 1.165) is 36.9 Å². The summed E-state index contributed by atoms with van der Waals surface area (Å²) in [6.07, 6.45) is 2.15. The van der Waals surface area contributed by atoms with Crippen LogP contribution in [-0.4, -0.2) is 44.1 Å². The number of nitrogens with two attached hydrogens (primary N) is 1. The zero-order valence-electron chi connectivity index (χ0n) is 16.7. The first-order valence-corrected chi connectivity index (χ1v) is 11.3. The van der Waals surface area contributed by atoms with E-state index in [1.165, 1.54) is 12.1 Å². The number of ether oxygens (including phenoxy) is 2. The molecule has 1 saturated heterocycles. The Morgan fingerprint density at radius 2 is 2.03 bits per heavy atom. The summed E-state index contributed by atoms with van der Waals surface area (Å²) in [5.74, 6) is -1.20. The zero-order chi connectivity index (χ0) is 22.1. The molecule has 0 saturated carbocycles. The summed E-state index contributed by atoms with van der Waals surface area (Å²) in [5, 5.41) is 4.98. The predicted molar refractivity (Wildman–Crippen MR) is 110 cm³/mol. The van der Waals surface area contributed by atoms with Crippen molar-refractivity contribution in [3.63, 3.8) is 0 Å². The van der Waals surface area contributed by atoms with E-state index in [4.69, 9.17) is 26.2 Å². The smallest absolute Gasteiger partial charge is 0.338 e. The molecule has 0 amide bonds. The van der Waals surface area contributed by atoms with Crippen molar-refractivity contribution >= 4 is 33.4 Å². The number of esters is 1. The van der Waals surface area contributed by atoms with Gasteiger partial charge in [-0.15, -0.1) is 0 Å². The van der Waals surface area contributed by atoms with E-state index in [2.05, 4.69) is 0 Å². The van der Waals surface area contributed by atoms with Crippen LogP contribution in [0.2, 0.25) is 5.02 Å². The minimum absolute atomic E-state index is 0.0694. The summed E-state index contributed by atoms with van der Waals surface area (Å²) in [6, 6.07) is 5.33. The summed E-state index contributed by atoms with van der Waals surface area (Å²) in [6.45, 7) is 4.70. The predicted octanol–water partition coefficient (Wildman–Crippen LogP) is 2.62. The number of carbonyl (C=O) groups excluding carboxylic acids is 2. The molecule has 2 N–H and O–H groups in total. The van der Waals surface area contributed by atoms with E-state index in [-0.39, 0.29) is 27.4 Å². The molecule has 10 heteroatoms. The first-order valence-electron chi connectivity index (χ1n) is 9.39. The maximum atomic E-state index is 12.6. The Kier molecular flexibility index (Phi) is 6.66. The van der Waals surface area contributed by atoms with Gasteiger partial charge in [0.15, 0.2) is 6.61 Å². The highest BCUT2D eigenvalue weighted by Gasteiger charge is 2.22. The molecule has 1 aliphatic heterocycles. The second-order valence-corrected chi connectivity index (χ2v) is 9.16. The first-order chi connectivity index (χ1) is 14.1. The summed E-state index contributed by atoms with van der Waals surface area (Å²) >= 11 is 5.81. The minimum atomic E-state index is -4.10. The third kappa shape index (κ3) is 4.92. The molecular formula is C20H23ClN2O6S.